The van der Waals surface area contributed by atoms with Crippen molar-refractivity contribution in [3.05, 3.63) is 29.8 Å². The molecule has 0 aliphatic carbocycles. The molecule has 0 saturated carbocycles. The minimum absolute atomic E-state index is 0.0373. The quantitative estimate of drug-likeness (QED) is 0.0441. The maximum absolute atomic E-state index is 13.9. The van der Waals surface area contributed by atoms with Gasteiger partial charge in [0.1, 0.15) is 30.5 Å². The SMILES string of the molecule is CCCCCCCCCCCCCC(=O)N(CCCCC(NC(=O)C1(C)COC(c2ccccc2OC(C)=O)=N1)C(=O)OC(C)CC(=O)NC1CCCCN(OC(C)=O)C1=O)OC(C)=O. The summed E-state index contributed by atoms with van der Waals surface area (Å²) in [6, 6.07) is 4.36. The normalized spacial score (nSPS) is 17.9. The molecule has 0 aromatic heterocycles. The Labute approximate surface area is 383 Å². The molecule has 4 atom stereocenters. The Bertz CT molecular complexity index is 1800. The molecule has 18 nitrogen and oxygen atoms in total. The van der Waals surface area contributed by atoms with Crippen LogP contribution in [0.25, 0.3) is 0 Å². The zero-order valence-electron chi connectivity index (χ0n) is 39.2. The Kier molecular flexibility index (Phi) is 23.5. The van der Waals surface area contributed by atoms with Crippen LogP contribution in [-0.2, 0) is 57.5 Å². The van der Waals surface area contributed by atoms with Crippen LogP contribution in [0.15, 0.2) is 29.3 Å². The molecule has 4 amide bonds. The first kappa shape index (κ1) is 53.8. The van der Waals surface area contributed by atoms with Gasteiger partial charge in [-0.15, -0.1) is 0 Å². The molecule has 1 aromatic carbocycles. The predicted octanol–water partition coefficient (Wildman–Crippen LogP) is 6.11. The molecule has 1 aromatic rings. The van der Waals surface area contributed by atoms with Crippen molar-refractivity contribution < 1.29 is 62.2 Å². The van der Waals surface area contributed by atoms with Crippen LogP contribution in [0.1, 0.15) is 169 Å². The van der Waals surface area contributed by atoms with Gasteiger partial charge in [0.05, 0.1) is 25.1 Å². The first-order valence-corrected chi connectivity index (χ1v) is 23.3. The minimum Gasteiger partial charge on any atom is -0.474 e. The van der Waals surface area contributed by atoms with Gasteiger partial charge in [-0.1, -0.05) is 83.3 Å². The third-order valence-corrected chi connectivity index (χ3v) is 10.9. The lowest BCUT2D eigenvalue weighted by molar-refractivity contribution is -0.196. The van der Waals surface area contributed by atoms with Crippen molar-refractivity contribution in [3.63, 3.8) is 0 Å². The summed E-state index contributed by atoms with van der Waals surface area (Å²) in [6.07, 6.45) is 13.5. The molecule has 0 spiro atoms. The van der Waals surface area contributed by atoms with E-state index in [4.69, 9.17) is 23.9 Å². The molecule has 18 heteroatoms. The van der Waals surface area contributed by atoms with Gasteiger partial charge in [-0.05, 0) is 70.9 Å². The number of benzene rings is 1. The third kappa shape index (κ3) is 19.6. The van der Waals surface area contributed by atoms with E-state index < -0.39 is 65.3 Å². The highest BCUT2D eigenvalue weighted by Gasteiger charge is 2.42. The molecule has 3 rings (SSSR count). The highest BCUT2D eigenvalue weighted by molar-refractivity contribution is 6.02. The van der Waals surface area contributed by atoms with Gasteiger partial charge in [-0.3, -0.25) is 33.6 Å². The topological polar surface area (TPSA) is 226 Å². The second kappa shape index (κ2) is 28.4. The van der Waals surface area contributed by atoms with Gasteiger partial charge in [0.25, 0.3) is 17.7 Å². The van der Waals surface area contributed by atoms with Crippen LogP contribution in [0.5, 0.6) is 5.75 Å². The van der Waals surface area contributed by atoms with E-state index in [1.54, 1.807) is 24.3 Å². The number of rotatable bonds is 27. The zero-order valence-corrected chi connectivity index (χ0v) is 39.2. The average Bonchev–Trinajstić information content (AvgIpc) is 3.58. The zero-order chi connectivity index (χ0) is 47.8. The fraction of sp³-hybridized carbons (Fsp3) is 0.681. The van der Waals surface area contributed by atoms with E-state index >= 15 is 0 Å². The van der Waals surface area contributed by atoms with Crippen molar-refractivity contribution in [2.75, 3.05) is 19.7 Å². The lowest BCUT2D eigenvalue weighted by Gasteiger charge is -2.25. The maximum atomic E-state index is 13.9. The van der Waals surface area contributed by atoms with E-state index in [0.717, 1.165) is 29.4 Å². The molecule has 362 valence electrons. The molecule has 0 radical (unpaired) electrons. The number of para-hydroxylation sites is 1. The lowest BCUT2D eigenvalue weighted by Crippen LogP contribution is -2.52. The number of carbonyl (C=O) groups excluding carboxylic acids is 8. The molecule has 65 heavy (non-hydrogen) atoms. The van der Waals surface area contributed by atoms with E-state index in [1.807, 2.05) is 0 Å². The van der Waals surface area contributed by atoms with E-state index in [-0.39, 0.29) is 62.9 Å². The molecule has 2 heterocycles. The molecule has 2 aliphatic rings. The number of esters is 2. The first-order valence-electron chi connectivity index (χ1n) is 23.3. The number of nitrogens with one attached hydrogen (secondary N) is 2. The highest BCUT2D eigenvalue weighted by Crippen LogP contribution is 2.28. The fourth-order valence-electron chi connectivity index (χ4n) is 7.47. The molecule has 2 aliphatic heterocycles. The maximum Gasteiger partial charge on any atom is 0.329 e. The van der Waals surface area contributed by atoms with Crippen LogP contribution in [-0.4, -0.2) is 107 Å². The summed E-state index contributed by atoms with van der Waals surface area (Å²) in [6.45, 7) is 8.93. The van der Waals surface area contributed by atoms with Crippen molar-refractivity contribution in [1.29, 1.82) is 0 Å². The van der Waals surface area contributed by atoms with Crippen LogP contribution in [0, 0.1) is 0 Å². The standard InChI is InChI=1S/C47H71N5O13/c1-7-8-9-10-11-12-13-14-15-16-17-28-42(57)51(64-35(4)54)29-22-21-26-39(49-46(60)47(6)32-61-43(50-47)37-24-18-19-27-40(37)63-34(3)53)45(59)62-33(2)31-41(56)48-38-25-20-23-30-52(44(38)58)65-36(5)55/h18-19,24,27,33,38-39H,7-17,20-23,25-26,28-32H2,1-6H3,(H,48,56)(H,49,60). The number of hydrogen-bond donors (Lipinski definition) is 2. The van der Waals surface area contributed by atoms with Gasteiger partial charge >= 0.3 is 23.9 Å². The van der Waals surface area contributed by atoms with Crippen LogP contribution in [0.4, 0.5) is 0 Å². The highest BCUT2D eigenvalue weighted by atomic mass is 16.7. The Morgan fingerprint density at radius 3 is 2.18 bits per heavy atom. The predicted molar refractivity (Wildman–Crippen MR) is 238 cm³/mol. The van der Waals surface area contributed by atoms with E-state index in [0.29, 0.717) is 37.7 Å². The van der Waals surface area contributed by atoms with E-state index in [1.165, 1.54) is 79.6 Å². The number of amides is 4. The minimum atomic E-state index is -1.51. The summed E-state index contributed by atoms with van der Waals surface area (Å²) < 4.78 is 16.8. The summed E-state index contributed by atoms with van der Waals surface area (Å²) >= 11 is 0. The monoisotopic (exact) mass is 914 g/mol. The molecule has 1 saturated heterocycles. The molecular formula is C47H71N5O13. The molecule has 1 fully saturated rings. The van der Waals surface area contributed by atoms with Gasteiger partial charge in [0.2, 0.25) is 11.8 Å². The van der Waals surface area contributed by atoms with Gasteiger partial charge < -0.3 is 34.5 Å². The summed E-state index contributed by atoms with van der Waals surface area (Å²) in [7, 11) is 0. The second-order valence-electron chi connectivity index (χ2n) is 17.0. The Hall–Kier alpha value is -5.55. The van der Waals surface area contributed by atoms with Gasteiger partial charge in [-0.2, -0.15) is 10.1 Å². The third-order valence-electron chi connectivity index (χ3n) is 10.9. The molecule has 2 N–H and O–H groups in total. The van der Waals surface area contributed by atoms with Crippen LogP contribution < -0.4 is 15.4 Å². The number of hydrogen-bond acceptors (Lipinski definition) is 14. The molecule has 0 bridgehead atoms. The van der Waals surface area contributed by atoms with Crippen molar-refractivity contribution in [1.82, 2.24) is 20.8 Å². The average molecular weight is 914 g/mol. The summed E-state index contributed by atoms with van der Waals surface area (Å²) in [4.78, 5) is 117. The van der Waals surface area contributed by atoms with Crippen molar-refractivity contribution in [2.24, 2.45) is 4.99 Å². The Morgan fingerprint density at radius 1 is 0.877 bits per heavy atom. The summed E-state index contributed by atoms with van der Waals surface area (Å²) in [5.41, 5.74) is -1.16. The van der Waals surface area contributed by atoms with Gasteiger partial charge in [-0.25, -0.2) is 9.79 Å². The molecule has 4 unspecified atom stereocenters. The summed E-state index contributed by atoms with van der Waals surface area (Å²) in [5, 5.41) is 7.39. The number of carbonyl (C=O) groups is 8. The Morgan fingerprint density at radius 2 is 1.54 bits per heavy atom. The second-order valence-corrected chi connectivity index (χ2v) is 17.0. The van der Waals surface area contributed by atoms with E-state index in [2.05, 4.69) is 22.5 Å². The lowest BCUT2D eigenvalue weighted by atomic mass is 10.0. The number of aliphatic imine (C=N–C) groups is 1. The van der Waals surface area contributed by atoms with Gasteiger partial charge in [0, 0.05) is 27.2 Å². The van der Waals surface area contributed by atoms with Crippen LogP contribution >= 0.6 is 0 Å². The van der Waals surface area contributed by atoms with Crippen LogP contribution in [0.2, 0.25) is 0 Å². The van der Waals surface area contributed by atoms with E-state index in [9.17, 15) is 38.4 Å². The fourth-order valence-corrected chi connectivity index (χ4v) is 7.47. The van der Waals surface area contributed by atoms with Gasteiger partial charge in [0.15, 0.2) is 5.54 Å². The van der Waals surface area contributed by atoms with Crippen LogP contribution in [0.3, 0.4) is 0 Å². The van der Waals surface area contributed by atoms with Crippen molar-refractivity contribution in [3.8, 4) is 5.75 Å². The first-order chi connectivity index (χ1) is 31.0. The largest absolute Gasteiger partial charge is 0.474 e. The number of nitrogens with zero attached hydrogens (tertiary/aromatic N) is 3. The number of unbranched alkanes of at least 4 members (excludes halogenated alkanes) is 11. The summed E-state index contributed by atoms with van der Waals surface area (Å²) in [5.74, 6) is -4.60. The molecular weight excluding hydrogens is 843 g/mol. The van der Waals surface area contributed by atoms with Crippen molar-refractivity contribution in [2.45, 2.75) is 187 Å². The van der Waals surface area contributed by atoms with Crippen molar-refractivity contribution >= 4 is 53.4 Å². The smallest absolute Gasteiger partial charge is 0.329 e. The Balaban J connectivity index is 1.65. The number of ether oxygens (including phenoxy) is 3. The number of hydroxylamine groups is 4.